The van der Waals surface area contributed by atoms with Crippen molar-refractivity contribution in [1.82, 2.24) is 0 Å². The van der Waals surface area contributed by atoms with E-state index in [0.29, 0.717) is 11.0 Å². The Morgan fingerprint density at radius 2 is 2.16 bits per heavy atom. The van der Waals surface area contributed by atoms with Crippen LogP contribution in [0.4, 0.5) is 10.1 Å². The van der Waals surface area contributed by atoms with Gasteiger partial charge in [0, 0.05) is 18.7 Å². The molecule has 1 unspecified atom stereocenters. The van der Waals surface area contributed by atoms with Crippen molar-refractivity contribution in [3.63, 3.8) is 0 Å². The van der Waals surface area contributed by atoms with Gasteiger partial charge in [-0.15, -0.1) is 0 Å². The number of halogens is 2. The third-order valence-electron chi connectivity index (χ3n) is 2.87. The third-order valence-corrected chi connectivity index (χ3v) is 3.48. The monoisotopic (exact) mass is 326 g/mol. The summed E-state index contributed by atoms with van der Waals surface area (Å²) in [6.07, 6.45) is 0.847. The summed E-state index contributed by atoms with van der Waals surface area (Å²) in [5, 5.41) is 3.24. The van der Waals surface area contributed by atoms with Crippen LogP contribution in [-0.4, -0.2) is 6.54 Å². The minimum absolute atomic E-state index is 0.127. The first-order valence-corrected chi connectivity index (χ1v) is 6.93. The molecule has 0 aliphatic carbocycles. The maximum absolute atomic E-state index is 13.2. The maximum Gasteiger partial charge on any atom is 0.137 e. The first-order chi connectivity index (χ1) is 9.13. The molecular weight excluding hydrogens is 311 g/mol. The number of benzene rings is 1. The minimum atomic E-state index is -0.291. The predicted molar refractivity (Wildman–Crippen MR) is 77.6 cm³/mol. The first kappa shape index (κ1) is 14.1. The lowest BCUT2D eigenvalue weighted by Gasteiger charge is -2.16. The lowest BCUT2D eigenvalue weighted by molar-refractivity contribution is 0.448. The van der Waals surface area contributed by atoms with E-state index in [2.05, 4.69) is 21.2 Å². The van der Waals surface area contributed by atoms with Gasteiger partial charge in [0.1, 0.15) is 17.3 Å². The SMILES string of the molecule is CCc1ccc(C(CN)Nc2ccc(F)c(Br)c2)o1. The van der Waals surface area contributed by atoms with E-state index in [-0.39, 0.29) is 11.9 Å². The van der Waals surface area contributed by atoms with Crippen molar-refractivity contribution in [3.05, 3.63) is 52.1 Å². The molecule has 2 aromatic rings. The molecule has 102 valence electrons. The van der Waals surface area contributed by atoms with E-state index in [1.165, 1.54) is 6.07 Å². The Bertz CT molecular complexity index is 556. The van der Waals surface area contributed by atoms with Crippen molar-refractivity contribution in [2.75, 3.05) is 11.9 Å². The van der Waals surface area contributed by atoms with E-state index < -0.39 is 0 Å². The van der Waals surface area contributed by atoms with Gasteiger partial charge < -0.3 is 15.5 Å². The molecule has 0 spiro atoms. The van der Waals surface area contributed by atoms with Crippen molar-refractivity contribution < 1.29 is 8.81 Å². The van der Waals surface area contributed by atoms with Gasteiger partial charge in [-0.1, -0.05) is 6.92 Å². The molecule has 3 nitrogen and oxygen atoms in total. The molecule has 5 heteroatoms. The van der Waals surface area contributed by atoms with Crippen molar-refractivity contribution in [3.8, 4) is 0 Å². The number of nitrogens with one attached hydrogen (secondary N) is 1. The van der Waals surface area contributed by atoms with Crippen LogP contribution in [0.15, 0.2) is 39.2 Å². The molecule has 0 amide bonds. The van der Waals surface area contributed by atoms with E-state index >= 15 is 0 Å². The molecule has 0 saturated carbocycles. The van der Waals surface area contributed by atoms with Crippen LogP contribution in [0.1, 0.15) is 24.5 Å². The molecule has 0 aliphatic rings. The summed E-state index contributed by atoms with van der Waals surface area (Å²) in [5.41, 5.74) is 6.55. The van der Waals surface area contributed by atoms with Gasteiger partial charge in [-0.25, -0.2) is 4.39 Å². The minimum Gasteiger partial charge on any atom is -0.464 e. The van der Waals surface area contributed by atoms with E-state index in [4.69, 9.17) is 10.2 Å². The summed E-state index contributed by atoms with van der Waals surface area (Å²) in [5.74, 6) is 1.43. The lowest BCUT2D eigenvalue weighted by atomic mass is 10.2. The van der Waals surface area contributed by atoms with Gasteiger partial charge in [-0.2, -0.15) is 0 Å². The molecule has 19 heavy (non-hydrogen) atoms. The van der Waals surface area contributed by atoms with Crippen LogP contribution >= 0.6 is 15.9 Å². The molecule has 0 aliphatic heterocycles. The Balaban J connectivity index is 2.16. The number of nitrogens with two attached hydrogens (primary N) is 1. The molecule has 0 bridgehead atoms. The van der Waals surface area contributed by atoms with Gasteiger partial charge in [-0.3, -0.25) is 0 Å². The number of aryl methyl sites for hydroxylation is 1. The van der Waals surface area contributed by atoms with E-state index in [1.807, 2.05) is 19.1 Å². The van der Waals surface area contributed by atoms with Crippen molar-refractivity contribution in [2.24, 2.45) is 5.73 Å². The molecule has 0 saturated heterocycles. The fourth-order valence-corrected chi connectivity index (χ4v) is 2.18. The zero-order valence-electron chi connectivity index (χ0n) is 10.6. The number of hydrogen-bond donors (Lipinski definition) is 2. The van der Waals surface area contributed by atoms with Gasteiger partial charge in [0.2, 0.25) is 0 Å². The lowest BCUT2D eigenvalue weighted by Crippen LogP contribution is -2.20. The van der Waals surface area contributed by atoms with Gasteiger partial charge in [0.05, 0.1) is 10.5 Å². The Kier molecular flexibility index (Phi) is 4.61. The molecular formula is C14H16BrFN2O. The van der Waals surface area contributed by atoms with Crippen LogP contribution in [-0.2, 0) is 6.42 Å². The summed E-state index contributed by atoms with van der Waals surface area (Å²) >= 11 is 3.16. The van der Waals surface area contributed by atoms with Crippen LogP contribution < -0.4 is 11.1 Å². The molecule has 0 radical (unpaired) electrons. The van der Waals surface area contributed by atoms with Crippen LogP contribution in [0.25, 0.3) is 0 Å². The second-order valence-electron chi connectivity index (χ2n) is 4.22. The average molecular weight is 327 g/mol. The number of hydrogen-bond acceptors (Lipinski definition) is 3. The normalized spacial score (nSPS) is 12.4. The fraction of sp³-hybridized carbons (Fsp3) is 0.286. The molecule has 2 rings (SSSR count). The zero-order chi connectivity index (χ0) is 13.8. The van der Waals surface area contributed by atoms with E-state index in [9.17, 15) is 4.39 Å². The Morgan fingerprint density at radius 3 is 2.74 bits per heavy atom. The highest BCUT2D eigenvalue weighted by Crippen LogP contribution is 2.25. The van der Waals surface area contributed by atoms with Crippen molar-refractivity contribution in [1.29, 1.82) is 0 Å². The van der Waals surface area contributed by atoms with E-state index in [1.54, 1.807) is 12.1 Å². The van der Waals surface area contributed by atoms with Crippen LogP contribution in [0.2, 0.25) is 0 Å². The maximum atomic E-state index is 13.2. The van der Waals surface area contributed by atoms with Crippen LogP contribution in [0, 0.1) is 5.82 Å². The highest BCUT2D eigenvalue weighted by Gasteiger charge is 2.14. The summed E-state index contributed by atoms with van der Waals surface area (Å²) in [6, 6.07) is 8.49. The van der Waals surface area contributed by atoms with Crippen molar-refractivity contribution >= 4 is 21.6 Å². The summed E-state index contributed by atoms with van der Waals surface area (Å²) in [7, 11) is 0. The van der Waals surface area contributed by atoms with Gasteiger partial charge in [-0.05, 0) is 46.3 Å². The molecule has 1 heterocycles. The van der Waals surface area contributed by atoms with Crippen LogP contribution in [0.5, 0.6) is 0 Å². The summed E-state index contributed by atoms with van der Waals surface area (Å²) in [6.45, 7) is 2.43. The molecule has 0 fully saturated rings. The smallest absolute Gasteiger partial charge is 0.137 e. The van der Waals surface area contributed by atoms with Crippen molar-refractivity contribution in [2.45, 2.75) is 19.4 Å². The predicted octanol–water partition coefficient (Wildman–Crippen LogP) is 3.86. The van der Waals surface area contributed by atoms with Crippen LogP contribution in [0.3, 0.4) is 0 Å². The number of rotatable bonds is 5. The topological polar surface area (TPSA) is 51.2 Å². The highest BCUT2D eigenvalue weighted by atomic mass is 79.9. The molecule has 1 atom stereocenters. The quantitative estimate of drug-likeness (QED) is 0.877. The third kappa shape index (κ3) is 3.36. The fourth-order valence-electron chi connectivity index (χ4n) is 1.81. The summed E-state index contributed by atoms with van der Waals surface area (Å²) < 4.78 is 19.3. The van der Waals surface area contributed by atoms with E-state index in [0.717, 1.165) is 23.6 Å². The molecule has 1 aromatic carbocycles. The summed E-state index contributed by atoms with van der Waals surface area (Å²) in [4.78, 5) is 0. The average Bonchev–Trinajstić information content (AvgIpc) is 2.88. The second-order valence-corrected chi connectivity index (χ2v) is 5.07. The Hall–Kier alpha value is -1.33. The van der Waals surface area contributed by atoms with Gasteiger partial charge >= 0.3 is 0 Å². The first-order valence-electron chi connectivity index (χ1n) is 6.14. The zero-order valence-corrected chi connectivity index (χ0v) is 12.2. The standard InChI is InChI=1S/C14H16BrFN2O/c1-2-10-4-6-14(19-10)13(8-17)18-9-3-5-12(16)11(15)7-9/h3-7,13,18H,2,8,17H2,1H3. The Morgan fingerprint density at radius 1 is 1.37 bits per heavy atom. The number of furan rings is 1. The second kappa shape index (κ2) is 6.21. The Labute approximate surface area is 120 Å². The van der Waals surface area contributed by atoms with Gasteiger partial charge in [0.15, 0.2) is 0 Å². The molecule has 1 aromatic heterocycles. The molecule has 3 N–H and O–H groups in total. The number of anilines is 1. The largest absolute Gasteiger partial charge is 0.464 e. The van der Waals surface area contributed by atoms with Gasteiger partial charge in [0.25, 0.3) is 0 Å². The highest BCUT2D eigenvalue weighted by molar-refractivity contribution is 9.10.